The topological polar surface area (TPSA) is 110 Å². The van der Waals surface area contributed by atoms with Crippen LogP contribution in [-0.2, 0) is 10.0 Å². The molecule has 11 heteroatoms. The lowest BCUT2D eigenvalue weighted by Crippen LogP contribution is -2.37. The van der Waals surface area contributed by atoms with Crippen LogP contribution in [0.3, 0.4) is 0 Å². The van der Waals surface area contributed by atoms with E-state index in [0.717, 1.165) is 0 Å². The molecule has 172 valence electrons. The third kappa shape index (κ3) is 4.58. The van der Waals surface area contributed by atoms with Gasteiger partial charge in [0, 0.05) is 36.4 Å². The smallest absolute Gasteiger partial charge is 0.263 e. The maximum absolute atomic E-state index is 13.1. The van der Waals surface area contributed by atoms with Crippen LogP contribution in [-0.4, -0.2) is 57.6 Å². The van der Waals surface area contributed by atoms with Crippen molar-refractivity contribution in [2.24, 2.45) is 9.98 Å². The molecule has 2 aliphatic heterocycles. The molecule has 2 heterocycles. The Bertz CT molecular complexity index is 1290. The number of carbonyl (C=O) groups excluding carboxylic acids is 1. The molecule has 0 atom stereocenters. The predicted molar refractivity (Wildman–Crippen MR) is 120 cm³/mol. The van der Waals surface area contributed by atoms with Crippen LogP contribution in [0.4, 0.5) is 4.39 Å². The van der Waals surface area contributed by atoms with E-state index >= 15 is 0 Å². The van der Waals surface area contributed by atoms with E-state index < -0.39 is 21.7 Å². The number of ether oxygens (including phenoxy) is 2. The van der Waals surface area contributed by atoms with E-state index in [0.29, 0.717) is 29.2 Å². The summed E-state index contributed by atoms with van der Waals surface area (Å²) in [5.74, 6) is -0.0213. The molecule has 1 N–H and O–H groups in total. The Hall–Kier alpha value is -3.73. The number of amides is 1. The maximum Gasteiger partial charge on any atom is 0.263 e. The van der Waals surface area contributed by atoms with Gasteiger partial charge in [0.25, 0.3) is 15.9 Å². The third-order valence-corrected chi connectivity index (χ3v) is 6.93. The zero-order chi connectivity index (χ0) is 23.6. The van der Waals surface area contributed by atoms with Gasteiger partial charge in [-0.1, -0.05) is 0 Å². The second kappa shape index (κ2) is 9.02. The van der Waals surface area contributed by atoms with Gasteiger partial charge in [-0.2, -0.15) is 0 Å². The molecule has 1 amide bonds. The van der Waals surface area contributed by atoms with Crippen molar-refractivity contribution in [3.05, 3.63) is 65.6 Å². The van der Waals surface area contributed by atoms with Crippen LogP contribution >= 0.6 is 0 Å². The van der Waals surface area contributed by atoms with Crippen LogP contribution < -0.4 is 14.8 Å². The largest absolute Gasteiger partial charge is 0.493 e. The summed E-state index contributed by atoms with van der Waals surface area (Å²) in [6, 6.07) is 9.53. The molecule has 0 bridgehead atoms. The quantitative estimate of drug-likeness (QED) is 0.719. The van der Waals surface area contributed by atoms with Crippen molar-refractivity contribution in [3.8, 4) is 11.5 Å². The van der Waals surface area contributed by atoms with Crippen molar-refractivity contribution in [1.29, 1.82) is 0 Å². The number of sulfonamides is 1. The fourth-order valence-corrected chi connectivity index (χ4v) is 4.78. The Balaban J connectivity index is 1.51. The number of hydrogen-bond acceptors (Lipinski definition) is 7. The van der Waals surface area contributed by atoms with E-state index in [-0.39, 0.29) is 29.5 Å². The highest BCUT2D eigenvalue weighted by molar-refractivity contribution is 7.89. The Labute approximate surface area is 190 Å². The average Bonchev–Trinajstić information content (AvgIpc) is 2.83. The predicted octanol–water partition coefficient (Wildman–Crippen LogP) is 2.36. The van der Waals surface area contributed by atoms with Gasteiger partial charge in [-0.25, -0.2) is 22.8 Å². The van der Waals surface area contributed by atoms with Crippen molar-refractivity contribution in [2.75, 3.05) is 27.3 Å². The summed E-state index contributed by atoms with van der Waals surface area (Å²) in [5.41, 5.74) is 1.57. The molecule has 9 nitrogen and oxygen atoms in total. The van der Waals surface area contributed by atoms with Crippen LogP contribution in [0.5, 0.6) is 11.5 Å². The molecule has 2 aromatic rings. The summed E-state index contributed by atoms with van der Waals surface area (Å²) in [6.07, 6.45) is 1.86. The highest BCUT2D eigenvalue weighted by atomic mass is 32.2. The molecule has 0 radical (unpaired) electrons. The Morgan fingerprint density at radius 1 is 1.09 bits per heavy atom. The number of guanidine groups is 1. The fraction of sp³-hybridized carbons (Fsp3) is 0.227. The van der Waals surface area contributed by atoms with E-state index in [1.807, 2.05) is 0 Å². The first-order chi connectivity index (χ1) is 15.8. The van der Waals surface area contributed by atoms with Gasteiger partial charge < -0.3 is 9.47 Å². The van der Waals surface area contributed by atoms with Crippen LogP contribution in [0.1, 0.15) is 16.8 Å². The summed E-state index contributed by atoms with van der Waals surface area (Å²) in [5, 5.41) is 2.59. The summed E-state index contributed by atoms with van der Waals surface area (Å²) in [4.78, 5) is 21.0. The highest BCUT2D eigenvalue weighted by Gasteiger charge is 2.29. The Kier molecular flexibility index (Phi) is 6.14. The maximum atomic E-state index is 13.1. The van der Waals surface area contributed by atoms with Crippen LogP contribution in [0.2, 0.25) is 0 Å². The molecule has 2 aromatic carbocycles. The number of benzene rings is 2. The van der Waals surface area contributed by atoms with Gasteiger partial charge in [-0.05, 0) is 36.4 Å². The van der Waals surface area contributed by atoms with Crippen molar-refractivity contribution in [3.63, 3.8) is 0 Å². The first-order valence-electron chi connectivity index (χ1n) is 9.95. The number of aliphatic imine (C=N–C) groups is 2. The van der Waals surface area contributed by atoms with Crippen LogP contribution in [0, 0.1) is 5.82 Å². The molecule has 0 spiro atoms. The lowest BCUT2D eigenvalue weighted by atomic mass is 10.1. The van der Waals surface area contributed by atoms with Crippen molar-refractivity contribution in [1.82, 2.24) is 9.62 Å². The first kappa shape index (κ1) is 22.5. The lowest BCUT2D eigenvalue weighted by Gasteiger charge is -2.28. The molecule has 0 aliphatic carbocycles. The van der Waals surface area contributed by atoms with E-state index in [2.05, 4.69) is 15.3 Å². The third-order valence-electron chi connectivity index (χ3n) is 5.17. The van der Waals surface area contributed by atoms with Gasteiger partial charge in [0.2, 0.25) is 5.96 Å². The lowest BCUT2D eigenvalue weighted by molar-refractivity contribution is 0.0976. The van der Waals surface area contributed by atoms with E-state index in [1.54, 1.807) is 0 Å². The number of nitrogens with one attached hydrogen (secondary N) is 1. The van der Waals surface area contributed by atoms with Gasteiger partial charge >= 0.3 is 0 Å². The number of nitrogens with zero attached hydrogens (tertiary/aromatic N) is 3. The van der Waals surface area contributed by atoms with Crippen molar-refractivity contribution in [2.45, 2.75) is 11.3 Å². The van der Waals surface area contributed by atoms with Crippen molar-refractivity contribution >= 4 is 27.6 Å². The SMILES string of the molecule is COc1ccc(S(=O)(=O)N2C=C3CN=C(NC(=O)c4ccc(F)cc4)N=C3CC2)cc1OC. The van der Waals surface area contributed by atoms with E-state index in [1.165, 1.54) is 67.2 Å². The van der Waals surface area contributed by atoms with Crippen LogP contribution in [0.15, 0.2) is 69.1 Å². The van der Waals surface area contributed by atoms with Gasteiger partial charge in [-0.15, -0.1) is 0 Å². The van der Waals surface area contributed by atoms with Crippen molar-refractivity contribution < 1.29 is 27.1 Å². The molecule has 4 rings (SSSR count). The fourth-order valence-electron chi connectivity index (χ4n) is 3.42. The second-order valence-electron chi connectivity index (χ2n) is 7.20. The number of hydrogen-bond donors (Lipinski definition) is 1. The monoisotopic (exact) mass is 472 g/mol. The minimum Gasteiger partial charge on any atom is -0.493 e. The standard InChI is InChI=1S/C22H21FN4O5S/c1-31-19-8-7-17(11-20(19)32-2)33(29,30)27-10-9-18-15(13-27)12-24-22(25-18)26-21(28)14-3-5-16(23)6-4-14/h3-8,11,13H,9-10,12H2,1-2H3,(H,24,26,28). The Morgan fingerprint density at radius 3 is 2.52 bits per heavy atom. The zero-order valence-electron chi connectivity index (χ0n) is 17.9. The summed E-state index contributed by atoms with van der Waals surface area (Å²) >= 11 is 0. The number of carbonyl (C=O) groups is 1. The number of halogens is 1. The average molecular weight is 472 g/mol. The minimum atomic E-state index is -3.82. The molecule has 0 aromatic heterocycles. The minimum absolute atomic E-state index is 0.0731. The second-order valence-corrected chi connectivity index (χ2v) is 9.09. The molecule has 0 saturated heterocycles. The van der Waals surface area contributed by atoms with E-state index in [9.17, 15) is 17.6 Å². The molecule has 2 aliphatic rings. The molecular weight excluding hydrogens is 451 g/mol. The van der Waals surface area contributed by atoms with E-state index in [4.69, 9.17) is 9.47 Å². The normalized spacial score (nSPS) is 15.6. The summed E-state index contributed by atoms with van der Waals surface area (Å²) < 4.78 is 51.0. The molecule has 33 heavy (non-hydrogen) atoms. The van der Waals surface area contributed by atoms with Gasteiger partial charge in [0.05, 0.1) is 31.4 Å². The van der Waals surface area contributed by atoms with Gasteiger partial charge in [-0.3, -0.25) is 14.4 Å². The molecular formula is C22H21FN4O5S. The summed E-state index contributed by atoms with van der Waals surface area (Å²) in [7, 11) is -0.914. The number of fused-ring (bicyclic) bond motifs is 1. The first-order valence-corrected chi connectivity index (χ1v) is 11.4. The molecule has 0 fully saturated rings. The highest BCUT2D eigenvalue weighted by Crippen LogP contribution is 2.31. The van der Waals surface area contributed by atoms with Gasteiger partial charge in [0.1, 0.15) is 5.82 Å². The number of methoxy groups -OCH3 is 2. The number of rotatable bonds is 5. The van der Waals surface area contributed by atoms with Gasteiger partial charge in [0.15, 0.2) is 11.5 Å². The summed E-state index contributed by atoms with van der Waals surface area (Å²) in [6.45, 7) is 0.341. The Morgan fingerprint density at radius 2 is 1.82 bits per heavy atom. The molecule has 0 unspecified atom stereocenters. The zero-order valence-corrected chi connectivity index (χ0v) is 18.7. The van der Waals surface area contributed by atoms with Crippen LogP contribution in [0.25, 0.3) is 0 Å². The molecule has 0 saturated carbocycles.